The minimum atomic E-state index is -0.724. The molecule has 11 nitrogen and oxygen atoms in total. The van der Waals surface area contributed by atoms with Gasteiger partial charge in [0.2, 0.25) is 5.96 Å². The zero-order valence-corrected chi connectivity index (χ0v) is 21.9. The average molecular weight is 541 g/mol. The molecule has 3 heterocycles. The number of nitrogens with zero attached hydrogens (tertiary/aromatic N) is 5. The highest BCUT2D eigenvalue weighted by Crippen LogP contribution is 2.35. The van der Waals surface area contributed by atoms with Crippen molar-refractivity contribution in [2.45, 2.75) is 26.3 Å². The summed E-state index contributed by atoms with van der Waals surface area (Å²) in [7, 11) is 0. The third-order valence-corrected chi connectivity index (χ3v) is 6.64. The van der Waals surface area contributed by atoms with Crippen molar-refractivity contribution in [2.75, 3.05) is 10.6 Å². The van der Waals surface area contributed by atoms with Crippen LogP contribution >= 0.6 is 11.6 Å². The zero-order chi connectivity index (χ0) is 27.5. The molecular weight excluding hydrogens is 516 g/mol. The molecule has 0 saturated carbocycles. The average Bonchev–Trinajstić information content (AvgIpc) is 3.30. The minimum Gasteiger partial charge on any atom is -0.343 e. The Kier molecular flexibility index (Phi) is 7.15. The lowest BCUT2D eigenvalue weighted by Crippen LogP contribution is -2.33. The van der Waals surface area contributed by atoms with Gasteiger partial charge in [0.25, 0.3) is 5.91 Å². The molecule has 2 aliphatic rings. The number of hydrogen-bond donors (Lipinski definition) is 5. The molecule has 0 spiro atoms. The number of rotatable bonds is 4. The van der Waals surface area contributed by atoms with E-state index in [2.05, 4.69) is 44.1 Å². The Labute approximate surface area is 229 Å². The number of nitrogens with two attached hydrogens (primary N) is 1. The molecule has 1 atom stereocenters. The molecule has 5 rings (SSSR count). The number of hydrogen-bond acceptors (Lipinski definition) is 8. The van der Waals surface area contributed by atoms with Gasteiger partial charge in [0.15, 0.2) is 5.84 Å². The van der Waals surface area contributed by atoms with Crippen molar-refractivity contribution in [3.05, 3.63) is 99.3 Å². The molecule has 6 N–H and O–H groups in total. The topological polar surface area (TPSA) is 165 Å². The molecule has 2 aliphatic heterocycles. The lowest BCUT2D eigenvalue weighted by atomic mass is 9.95. The van der Waals surface area contributed by atoms with Crippen molar-refractivity contribution < 1.29 is 4.79 Å². The molecule has 1 aromatic heterocycles. The Bertz CT molecular complexity index is 1610. The van der Waals surface area contributed by atoms with E-state index in [4.69, 9.17) is 33.0 Å². The summed E-state index contributed by atoms with van der Waals surface area (Å²) >= 11 is 6.56. The van der Waals surface area contributed by atoms with Gasteiger partial charge in [-0.3, -0.25) is 4.79 Å². The van der Waals surface area contributed by atoms with E-state index in [-0.39, 0.29) is 11.7 Å². The number of amides is 1. The molecule has 1 amide bonds. The molecule has 39 heavy (non-hydrogen) atoms. The van der Waals surface area contributed by atoms with Gasteiger partial charge in [-0.1, -0.05) is 47.5 Å². The highest BCUT2D eigenvalue weighted by atomic mass is 35.5. The van der Waals surface area contributed by atoms with Crippen LogP contribution < -0.4 is 21.8 Å². The van der Waals surface area contributed by atoms with Crippen LogP contribution in [0.15, 0.2) is 92.3 Å². The third kappa shape index (κ3) is 5.39. The smallest absolute Gasteiger partial charge is 0.257 e. The number of carbonyl (C=O) groups excluding carboxylic acids is 1. The number of allylic oxidation sites excluding steroid dienone is 1. The summed E-state index contributed by atoms with van der Waals surface area (Å²) in [5.41, 5.74) is 12.6. The lowest BCUT2D eigenvalue weighted by molar-refractivity contribution is -0.113. The summed E-state index contributed by atoms with van der Waals surface area (Å²) < 4.78 is 0. The summed E-state index contributed by atoms with van der Waals surface area (Å²) in [5.74, 6) is 6.23. The maximum Gasteiger partial charge on any atom is 0.257 e. The van der Waals surface area contributed by atoms with Crippen LogP contribution in [0.2, 0.25) is 5.02 Å². The second kappa shape index (κ2) is 10.8. The van der Waals surface area contributed by atoms with Crippen LogP contribution in [0, 0.1) is 12.5 Å². The predicted molar refractivity (Wildman–Crippen MR) is 152 cm³/mol. The van der Waals surface area contributed by atoms with Crippen molar-refractivity contribution in [1.82, 2.24) is 10.3 Å². The number of hydrazone groups is 1. The van der Waals surface area contributed by atoms with Gasteiger partial charge in [0, 0.05) is 40.2 Å². The fraction of sp³-hybridized carbons (Fsp3) is 0.148. The molecule has 1 unspecified atom stereocenters. The normalized spacial score (nSPS) is 17.7. The minimum absolute atomic E-state index is 0.00255. The second-order valence-electron chi connectivity index (χ2n) is 9.01. The fourth-order valence-corrected chi connectivity index (χ4v) is 4.73. The number of aryl methyl sites for hydroxylation is 1. The number of aromatic nitrogens is 1. The van der Waals surface area contributed by atoms with Crippen LogP contribution in [0.25, 0.3) is 0 Å². The summed E-state index contributed by atoms with van der Waals surface area (Å²) in [5, 5.41) is 16.6. The maximum atomic E-state index is 13.6. The van der Waals surface area contributed by atoms with Gasteiger partial charge in [0.05, 0.1) is 5.57 Å². The van der Waals surface area contributed by atoms with E-state index in [1.54, 1.807) is 19.1 Å². The van der Waals surface area contributed by atoms with Crippen molar-refractivity contribution in [1.29, 1.82) is 5.53 Å². The summed E-state index contributed by atoms with van der Waals surface area (Å²) in [4.78, 5) is 27.3. The Hall–Kier alpha value is -4.90. The Morgan fingerprint density at radius 2 is 1.97 bits per heavy atom. The van der Waals surface area contributed by atoms with Gasteiger partial charge in [-0.25, -0.2) is 15.5 Å². The molecule has 196 valence electrons. The summed E-state index contributed by atoms with van der Waals surface area (Å²) in [6, 6.07) is 15.9. The number of carbonyl (C=O) groups is 1. The SMILES string of the molecule is CC1=C(C(=O)Nc2cc(C(N=N)=NN)ccn2)C(c2ccccc2Cl)N=C(N=C2Cc3cc(C)ccc3N2)N1. The van der Waals surface area contributed by atoms with Crippen LogP contribution in [0.1, 0.15) is 35.2 Å². The number of halogens is 1. The van der Waals surface area contributed by atoms with E-state index in [9.17, 15) is 4.79 Å². The van der Waals surface area contributed by atoms with E-state index in [1.807, 2.05) is 30.3 Å². The van der Waals surface area contributed by atoms with Gasteiger partial charge < -0.3 is 21.8 Å². The molecule has 0 aliphatic carbocycles. The first-order valence-electron chi connectivity index (χ1n) is 12.0. The Morgan fingerprint density at radius 1 is 1.15 bits per heavy atom. The zero-order valence-electron chi connectivity index (χ0n) is 21.2. The van der Waals surface area contributed by atoms with Gasteiger partial charge >= 0.3 is 0 Å². The lowest BCUT2D eigenvalue weighted by Gasteiger charge is -2.26. The molecule has 2 aromatic carbocycles. The highest BCUT2D eigenvalue weighted by Gasteiger charge is 2.31. The number of anilines is 2. The molecule has 0 bridgehead atoms. The molecule has 0 fully saturated rings. The predicted octanol–water partition coefficient (Wildman–Crippen LogP) is 4.67. The standard InChI is InChI=1S/C27H25ClN10O/c1-14-7-8-20-17(11-14)13-22(33-20)35-27-32-15(2)23(24(36-27)18-5-3-4-6-19(18)28)26(39)34-21-12-16(9-10-31-21)25(37-29)38-30/h3-12,24,29H,13,30H2,1-2H3,(H,31,34,39)(H2,32,33,35,36). The molecular formula is C27H25ClN10O. The van der Waals surface area contributed by atoms with Crippen molar-refractivity contribution in [3.8, 4) is 0 Å². The first-order chi connectivity index (χ1) is 18.9. The molecule has 12 heteroatoms. The molecule has 0 saturated heterocycles. The first-order valence-corrected chi connectivity index (χ1v) is 12.4. The van der Waals surface area contributed by atoms with E-state index >= 15 is 0 Å². The van der Waals surface area contributed by atoms with Crippen molar-refractivity contribution in [3.63, 3.8) is 0 Å². The van der Waals surface area contributed by atoms with Crippen LogP contribution in [0.4, 0.5) is 11.5 Å². The monoisotopic (exact) mass is 540 g/mol. The molecule has 3 aromatic rings. The van der Waals surface area contributed by atoms with E-state index in [1.165, 1.54) is 17.8 Å². The fourth-order valence-electron chi connectivity index (χ4n) is 4.49. The quantitative estimate of drug-likeness (QED) is 0.106. The van der Waals surface area contributed by atoms with Crippen LogP contribution in [0.5, 0.6) is 0 Å². The Balaban J connectivity index is 1.47. The summed E-state index contributed by atoms with van der Waals surface area (Å²) in [6.45, 7) is 3.84. The van der Waals surface area contributed by atoms with E-state index in [0.717, 1.165) is 17.1 Å². The first kappa shape index (κ1) is 25.7. The van der Waals surface area contributed by atoms with Gasteiger partial charge in [0.1, 0.15) is 17.7 Å². The number of benzene rings is 2. The van der Waals surface area contributed by atoms with Crippen LogP contribution in [-0.4, -0.2) is 28.5 Å². The van der Waals surface area contributed by atoms with Gasteiger partial charge in [-0.15, -0.1) is 5.11 Å². The number of pyridine rings is 1. The number of nitrogens with one attached hydrogen (secondary N) is 4. The number of fused-ring (bicyclic) bond motifs is 1. The number of aliphatic imine (C=N–C) groups is 2. The number of amidine groups is 2. The van der Waals surface area contributed by atoms with Crippen LogP contribution in [-0.2, 0) is 11.2 Å². The summed E-state index contributed by atoms with van der Waals surface area (Å²) in [6.07, 6.45) is 2.11. The van der Waals surface area contributed by atoms with Crippen LogP contribution in [0.3, 0.4) is 0 Å². The van der Waals surface area contributed by atoms with Gasteiger partial charge in [-0.05, 0) is 43.7 Å². The van der Waals surface area contributed by atoms with Crippen molar-refractivity contribution >= 4 is 46.6 Å². The number of guanidine groups is 1. The van der Waals surface area contributed by atoms with E-state index < -0.39 is 11.9 Å². The van der Waals surface area contributed by atoms with Gasteiger partial charge in [-0.2, -0.15) is 10.1 Å². The Morgan fingerprint density at radius 3 is 2.74 bits per heavy atom. The maximum absolute atomic E-state index is 13.6. The molecule has 0 radical (unpaired) electrons. The second-order valence-corrected chi connectivity index (χ2v) is 9.42. The highest BCUT2D eigenvalue weighted by molar-refractivity contribution is 6.31. The van der Waals surface area contributed by atoms with Crippen molar-refractivity contribution in [2.24, 2.45) is 26.0 Å². The third-order valence-electron chi connectivity index (χ3n) is 6.30. The largest absolute Gasteiger partial charge is 0.343 e. The van der Waals surface area contributed by atoms with E-state index in [0.29, 0.717) is 39.8 Å².